The number of hydrogen-bond acceptors (Lipinski definition) is 9. The van der Waals surface area contributed by atoms with Crippen LogP contribution in [0.2, 0.25) is 0 Å². The fraction of sp³-hybridized carbons (Fsp3) is 0.367. The molecular formula is C30H29F2IN6O5. The van der Waals surface area contributed by atoms with Crippen molar-refractivity contribution in [2.75, 3.05) is 22.3 Å². The number of imidazole rings is 1. The number of benzene rings is 2. The number of nitriles is 1. The summed E-state index contributed by atoms with van der Waals surface area (Å²) in [6.45, 7) is 2.27. The Morgan fingerprint density at radius 1 is 1.20 bits per heavy atom. The third kappa shape index (κ3) is 6.74. The number of fused-ring (bicyclic) bond motifs is 1. The molecule has 0 radical (unpaired) electrons. The van der Waals surface area contributed by atoms with Gasteiger partial charge in [-0.25, -0.2) is 0 Å². The standard InChI is InChI=1S/C30H29F2IN6O5/c31-18-33-13-21(44-29-5-8-35-27(37-29)17-43-26-4-1-19(14-34)11-23(26)32)6-9-38(33)16-28-36-24-3-2-20(30(40)41)12-25(24)39(28)15-22-7-10-42-22/h1-5,8,11-12,21-22H,6-7,9-10,13,15-18H2,(H,40,41)/t21-,22-/m0/s1. The van der Waals surface area contributed by atoms with Gasteiger partial charge in [-0.2, -0.15) is 5.26 Å². The first-order valence-electron chi connectivity index (χ1n) is 14.0. The molecule has 230 valence electrons. The second-order valence-corrected chi connectivity index (χ2v) is 15.6. The van der Waals surface area contributed by atoms with Crippen molar-refractivity contribution >= 4 is 37.1 Å². The van der Waals surface area contributed by atoms with Crippen molar-refractivity contribution in [1.82, 2.24) is 22.6 Å². The summed E-state index contributed by atoms with van der Waals surface area (Å²) >= 11 is -2.27. The summed E-state index contributed by atoms with van der Waals surface area (Å²) in [6, 6.07) is 12.3. The number of aromatic carboxylic acids is 1. The Morgan fingerprint density at radius 3 is 2.80 bits per heavy atom. The molecule has 2 atom stereocenters. The molecule has 44 heavy (non-hydrogen) atoms. The molecule has 4 heterocycles. The van der Waals surface area contributed by atoms with Crippen LogP contribution in [-0.4, -0.2) is 68.2 Å². The van der Waals surface area contributed by atoms with E-state index in [-0.39, 0.29) is 35.7 Å². The zero-order valence-corrected chi connectivity index (χ0v) is 25.7. The monoisotopic (exact) mass is 718 g/mol. The van der Waals surface area contributed by atoms with Crippen LogP contribution in [0.25, 0.3) is 11.0 Å². The van der Waals surface area contributed by atoms with Crippen LogP contribution in [-0.2, 0) is 24.4 Å². The van der Waals surface area contributed by atoms with E-state index >= 15 is 0 Å². The number of carboxylic acid groups (broad SMARTS) is 1. The van der Waals surface area contributed by atoms with E-state index < -0.39 is 36.6 Å². The molecule has 11 nitrogen and oxygen atoms in total. The minimum atomic E-state index is -2.27. The molecule has 0 saturated carbocycles. The van der Waals surface area contributed by atoms with Gasteiger partial charge in [0.15, 0.2) is 0 Å². The third-order valence-electron chi connectivity index (χ3n) is 7.45. The van der Waals surface area contributed by atoms with E-state index in [0.29, 0.717) is 54.3 Å². The summed E-state index contributed by atoms with van der Waals surface area (Å²) in [5, 5.41) is 18.4. The van der Waals surface area contributed by atoms with E-state index in [4.69, 9.17) is 24.5 Å². The summed E-state index contributed by atoms with van der Waals surface area (Å²) < 4.78 is 50.3. The normalized spacial score (nSPS) is 19.3. The molecule has 0 amide bonds. The first-order chi connectivity index (χ1) is 21.4. The number of hydrogen-bond donors (Lipinski definition) is 1. The van der Waals surface area contributed by atoms with Crippen molar-refractivity contribution in [2.45, 2.75) is 44.7 Å². The molecule has 0 unspecified atom stereocenters. The molecular weight excluding hydrogens is 689 g/mol. The fourth-order valence-corrected chi connectivity index (χ4v) is 9.73. The van der Waals surface area contributed by atoms with Crippen molar-refractivity contribution in [2.24, 2.45) is 0 Å². The van der Waals surface area contributed by atoms with Crippen LogP contribution in [0.4, 0.5) is 8.78 Å². The molecule has 2 aromatic carbocycles. The number of nitrogens with zero attached hydrogens (tertiary/aromatic N) is 6. The summed E-state index contributed by atoms with van der Waals surface area (Å²) in [5.41, 5.74) is 1.82. The molecule has 2 aromatic heterocycles. The van der Waals surface area contributed by atoms with Crippen molar-refractivity contribution in [3.05, 3.63) is 77.3 Å². The molecule has 0 aliphatic carbocycles. The SMILES string of the molecule is N#Cc1ccc(OCc2nccc(O[C@H]3CCN(Cc4nc5ccc(C(=O)O)cc5n4C[C@@H]4CCO4)I(CF)C3)n2)c(F)c1. The molecule has 6 rings (SSSR count). The van der Waals surface area contributed by atoms with E-state index in [2.05, 4.69) is 13.1 Å². The average Bonchev–Trinajstić information content (AvgIpc) is 3.35. The van der Waals surface area contributed by atoms with Crippen LogP contribution < -0.4 is 9.47 Å². The molecule has 4 aromatic rings. The molecule has 2 fully saturated rings. The van der Waals surface area contributed by atoms with Gasteiger partial charge in [0.2, 0.25) is 0 Å². The van der Waals surface area contributed by atoms with Crippen molar-refractivity contribution in [3.8, 4) is 17.7 Å². The Morgan fingerprint density at radius 2 is 2.07 bits per heavy atom. The number of aromatic nitrogens is 4. The van der Waals surface area contributed by atoms with E-state index in [1.165, 1.54) is 18.3 Å². The first-order valence-corrected chi connectivity index (χ1v) is 18.0. The molecule has 14 heteroatoms. The summed E-state index contributed by atoms with van der Waals surface area (Å²) in [5.74, 6) is -0.263. The van der Waals surface area contributed by atoms with Gasteiger partial charge in [0.25, 0.3) is 0 Å². The molecule has 1 N–H and O–H groups in total. The van der Waals surface area contributed by atoms with Gasteiger partial charge in [0.05, 0.1) is 6.07 Å². The molecule has 2 aliphatic rings. The van der Waals surface area contributed by atoms with Crippen molar-refractivity contribution in [1.29, 1.82) is 5.26 Å². The van der Waals surface area contributed by atoms with Gasteiger partial charge in [0, 0.05) is 0 Å². The zero-order chi connectivity index (χ0) is 30.6. The van der Waals surface area contributed by atoms with Gasteiger partial charge in [-0.1, -0.05) is 0 Å². The maximum atomic E-state index is 14.4. The van der Waals surface area contributed by atoms with Crippen LogP contribution >= 0.6 is 20.1 Å². The molecule has 0 spiro atoms. The number of halogens is 3. The predicted octanol–water partition coefficient (Wildman–Crippen LogP) is 4.90. The van der Waals surface area contributed by atoms with E-state index in [1.807, 2.05) is 10.6 Å². The summed E-state index contributed by atoms with van der Waals surface area (Å²) in [6.07, 6.45) is 2.94. The van der Waals surface area contributed by atoms with E-state index in [9.17, 15) is 18.7 Å². The number of rotatable bonds is 11. The van der Waals surface area contributed by atoms with Crippen molar-refractivity contribution in [3.63, 3.8) is 0 Å². The third-order valence-corrected chi connectivity index (χ3v) is 12.9. The minimum absolute atomic E-state index is 0.0140. The van der Waals surface area contributed by atoms with Crippen LogP contribution in [0, 0.1) is 17.1 Å². The maximum absolute atomic E-state index is 14.4. The van der Waals surface area contributed by atoms with Gasteiger partial charge in [-0.15, -0.1) is 0 Å². The second kappa shape index (κ2) is 13.4. The number of carboxylic acids is 1. The number of alkyl halides is 3. The zero-order valence-electron chi connectivity index (χ0n) is 23.5. The van der Waals surface area contributed by atoms with Crippen molar-refractivity contribution < 1.29 is 32.9 Å². The van der Waals surface area contributed by atoms with E-state index in [1.54, 1.807) is 24.3 Å². The Labute approximate surface area is 259 Å². The Kier molecular flexibility index (Phi) is 9.14. The Balaban J connectivity index is 1.11. The Hall–Kier alpha value is -3.94. The summed E-state index contributed by atoms with van der Waals surface area (Å²) in [7, 11) is 0. The van der Waals surface area contributed by atoms with Crippen LogP contribution in [0.15, 0.2) is 48.7 Å². The summed E-state index contributed by atoms with van der Waals surface area (Å²) in [4.78, 5) is 25.0. The Bertz CT molecular complexity index is 1710. The van der Waals surface area contributed by atoms with E-state index in [0.717, 1.165) is 23.8 Å². The molecule has 0 bridgehead atoms. The predicted molar refractivity (Wildman–Crippen MR) is 163 cm³/mol. The number of ether oxygens (including phenoxy) is 3. The average molecular weight is 718 g/mol. The van der Waals surface area contributed by atoms with Gasteiger partial charge in [0.1, 0.15) is 0 Å². The topological polar surface area (TPSA) is 136 Å². The first kappa shape index (κ1) is 30.1. The van der Waals surface area contributed by atoms with Gasteiger partial charge < -0.3 is 0 Å². The molecule has 2 saturated heterocycles. The van der Waals surface area contributed by atoms with Gasteiger partial charge in [-0.05, 0) is 0 Å². The van der Waals surface area contributed by atoms with Crippen LogP contribution in [0.3, 0.4) is 0 Å². The second-order valence-electron chi connectivity index (χ2n) is 10.3. The molecule has 2 aliphatic heterocycles. The van der Waals surface area contributed by atoms with Crippen LogP contribution in [0.1, 0.15) is 40.4 Å². The number of carbonyl (C=O) groups is 1. The van der Waals surface area contributed by atoms with Gasteiger partial charge in [-0.3, -0.25) is 0 Å². The van der Waals surface area contributed by atoms with Crippen LogP contribution in [0.5, 0.6) is 11.6 Å². The van der Waals surface area contributed by atoms with Gasteiger partial charge >= 0.3 is 249 Å². The quantitative estimate of drug-likeness (QED) is 0.130. The fourth-order valence-electron chi connectivity index (χ4n) is 5.07.